The van der Waals surface area contributed by atoms with E-state index in [1.165, 1.54) is 31.1 Å². The Morgan fingerprint density at radius 3 is 2.61 bits per heavy atom. The Morgan fingerprint density at radius 1 is 1.00 bits per heavy atom. The van der Waals surface area contributed by atoms with Crippen LogP contribution < -0.4 is 14.8 Å². The molecule has 0 fully saturated rings. The molecule has 0 saturated heterocycles. The number of methoxy groups -OCH3 is 2. The summed E-state index contributed by atoms with van der Waals surface area (Å²) in [4.78, 5) is 12.6. The van der Waals surface area contributed by atoms with Gasteiger partial charge in [0.2, 0.25) is 5.89 Å². The van der Waals surface area contributed by atoms with Crippen LogP contribution in [0, 0.1) is 0 Å². The lowest BCUT2D eigenvalue weighted by Crippen LogP contribution is -2.13. The van der Waals surface area contributed by atoms with Crippen molar-refractivity contribution in [2.24, 2.45) is 0 Å². The lowest BCUT2D eigenvalue weighted by atomic mass is 9.90. The fourth-order valence-corrected chi connectivity index (χ4v) is 3.41. The zero-order valence-electron chi connectivity index (χ0n) is 15.8. The van der Waals surface area contributed by atoms with E-state index in [1.807, 2.05) is 6.07 Å². The van der Waals surface area contributed by atoms with Gasteiger partial charge in [-0.2, -0.15) is 0 Å². The van der Waals surface area contributed by atoms with Gasteiger partial charge in [-0.3, -0.25) is 10.1 Å². The van der Waals surface area contributed by atoms with E-state index >= 15 is 0 Å². The van der Waals surface area contributed by atoms with Gasteiger partial charge >= 0.3 is 6.01 Å². The summed E-state index contributed by atoms with van der Waals surface area (Å²) in [5.74, 6) is 0.970. The minimum absolute atomic E-state index is 0.0376. The standard InChI is InChI=1S/C21H21N3O4/c1-26-16-9-10-17(18(12-16)27-2)19(25)22-21-24-23-20(28-21)15-8-7-13-5-3-4-6-14(13)11-15/h7-12H,3-6H2,1-2H3,(H,22,24,25). The molecule has 1 aromatic heterocycles. The first-order valence-corrected chi connectivity index (χ1v) is 9.17. The van der Waals surface area contributed by atoms with Crippen molar-refractivity contribution in [2.45, 2.75) is 25.7 Å². The number of ether oxygens (including phenoxy) is 2. The van der Waals surface area contributed by atoms with Crippen LogP contribution in [-0.2, 0) is 12.8 Å². The number of benzene rings is 2. The van der Waals surface area contributed by atoms with Gasteiger partial charge in [0.05, 0.1) is 19.8 Å². The fourth-order valence-electron chi connectivity index (χ4n) is 3.41. The predicted molar refractivity (Wildman–Crippen MR) is 104 cm³/mol. The molecule has 0 atom stereocenters. The first-order chi connectivity index (χ1) is 13.7. The Bertz CT molecular complexity index is 1010. The second kappa shape index (κ2) is 7.72. The number of aryl methyl sites for hydroxylation is 2. The van der Waals surface area contributed by atoms with Crippen LogP contribution in [0.4, 0.5) is 6.01 Å². The monoisotopic (exact) mass is 379 g/mol. The number of carbonyl (C=O) groups is 1. The summed E-state index contributed by atoms with van der Waals surface area (Å²) >= 11 is 0. The third-order valence-corrected chi connectivity index (χ3v) is 4.89. The van der Waals surface area contributed by atoms with E-state index in [9.17, 15) is 4.79 Å². The third-order valence-electron chi connectivity index (χ3n) is 4.89. The molecule has 0 saturated carbocycles. The number of fused-ring (bicyclic) bond motifs is 1. The molecule has 1 aliphatic carbocycles. The maximum Gasteiger partial charge on any atom is 0.322 e. The summed E-state index contributed by atoms with van der Waals surface area (Å²) in [5.41, 5.74) is 3.91. The van der Waals surface area contributed by atoms with Gasteiger partial charge in [-0.25, -0.2) is 0 Å². The smallest absolute Gasteiger partial charge is 0.322 e. The normalized spacial score (nSPS) is 12.9. The summed E-state index contributed by atoms with van der Waals surface area (Å²) in [6.07, 6.45) is 4.62. The molecule has 1 amide bonds. The molecular weight excluding hydrogens is 358 g/mol. The maximum absolute atomic E-state index is 12.6. The topological polar surface area (TPSA) is 86.5 Å². The number of amides is 1. The van der Waals surface area contributed by atoms with Crippen LogP contribution in [-0.4, -0.2) is 30.3 Å². The summed E-state index contributed by atoms with van der Waals surface area (Å²) in [6.45, 7) is 0. The maximum atomic E-state index is 12.6. The highest BCUT2D eigenvalue weighted by atomic mass is 16.5. The van der Waals surface area contributed by atoms with Gasteiger partial charge in [-0.15, -0.1) is 5.10 Å². The quantitative estimate of drug-likeness (QED) is 0.724. The minimum Gasteiger partial charge on any atom is -0.497 e. The number of hydrogen-bond acceptors (Lipinski definition) is 6. The summed E-state index contributed by atoms with van der Waals surface area (Å²) in [7, 11) is 3.04. The van der Waals surface area contributed by atoms with Crippen LogP contribution in [0.5, 0.6) is 11.5 Å². The van der Waals surface area contributed by atoms with Crippen LogP contribution in [0.3, 0.4) is 0 Å². The molecule has 7 heteroatoms. The predicted octanol–water partition coefficient (Wildman–Crippen LogP) is 3.88. The highest BCUT2D eigenvalue weighted by Gasteiger charge is 2.18. The minimum atomic E-state index is -0.403. The molecule has 1 aliphatic rings. The van der Waals surface area contributed by atoms with Crippen LogP contribution >= 0.6 is 0 Å². The number of anilines is 1. The summed E-state index contributed by atoms with van der Waals surface area (Å²) in [6, 6.07) is 11.2. The highest BCUT2D eigenvalue weighted by molar-refractivity contribution is 6.05. The zero-order valence-corrected chi connectivity index (χ0v) is 15.8. The lowest BCUT2D eigenvalue weighted by molar-refractivity contribution is 0.102. The van der Waals surface area contributed by atoms with Crippen molar-refractivity contribution < 1.29 is 18.7 Å². The Morgan fingerprint density at radius 2 is 1.82 bits per heavy atom. The largest absolute Gasteiger partial charge is 0.497 e. The second-order valence-electron chi connectivity index (χ2n) is 6.62. The van der Waals surface area contributed by atoms with Crippen molar-refractivity contribution in [1.29, 1.82) is 0 Å². The number of nitrogens with one attached hydrogen (secondary N) is 1. The number of carbonyl (C=O) groups excluding carboxylic acids is 1. The van der Waals surface area contributed by atoms with E-state index in [0.717, 1.165) is 18.4 Å². The highest BCUT2D eigenvalue weighted by Crippen LogP contribution is 2.28. The van der Waals surface area contributed by atoms with Gasteiger partial charge < -0.3 is 13.9 Å². The zero-order chi connectivity index (χ0) is 19.5. The number of hydrogen-bond donors (Lipinski definition) is 1. The Hall–Kier alpha value is -3.35. The van der Waals surface area contributed by atoms with E-state index in [1.54, 1.807) is 25.3 Å². The van der Waals surface area contributed by atoms with Gasteiger partial charge in [0.1, 0.15) is 11.5 Å². The van der Waals surface area contributed by atoms with Crippen molar-refractivity contribution >= 4 is 11.9 Å². The molecule has 4 rings (SSSR count). The van der Waals surface area contributed by atoms with Gasteiger partial charge in [0, 0.05) is 11.6 Å². The van der Waals surface area contributed by atoms with E-state index in [-0.39, 0.29) is 6.01 Å². The first kappa shape index (κ1) is 18.0. The average molecular weight is 379 g/mol. The van der Waals surface area contributed by atoms with Crippen molar-refractivity contribution in [2.75, 3.05) is 19.5 Å². The van der Waals surface area contributed by atoms with E-state index in [4.69, 9.17) is 13.9 Å². The second-order valence-corrected chi connectivity index (χ2v) is 6.62. The summed E-state index contributed by atoms with van der Waals surface area (Å²) < 4.78 is 16.1. The van der Waals surface area contributed by atoms with Crippen LogP contribution in [0.25, 0.3) is 11.5 Å². The van der Waals surface area contributed by atoms with Gasteiger partial charge in [-0.05, 0) is 61.1 Å². The Kier molecular flexibility index (Phi) is 4.97. The van der Waals surface area contributed by atoms with Gasteiger partial charge in [0.15, 0.2) is 0 Å². The summed E-state index contributed by atoms with van der Waals surface area (Å²) in [5, 5.41) is 10.6. The first-order valence-electron chi connectivity index (χ1n) is 9.17. The molecule has 1 heterocycles. The molecule has 0 bridgehead atoms. The number of rotatable bonds is 5. The molecule has 1 N–H and O–H groups in total. The molecule has 144 valence electrons. The molecule has 0 aliphatic heterocycles. The fraction of sp³-hybridized carbons (Fsp3) is 0.286. The van der Waals surface area contributed by atoms with Crippen molar-refractivity contribution in [3.63, 3.8) is 0 Å². The van der Waals surface area contributed by atoms with E-state index in [0.29, 0.717) is 23.0 Å². The van der Waals surface area contributed by atoms with Crippen LogP contribution in [0.1, 0.15) is 34.3 Å². The van der Waals surface area contributed by atoms with Crippen molar-refractivity contribution in [1.82, 2.24) is 10.2 Å². The van der Waals surface area contributed by atoms with E-state index in [2.05, 4.69) is 27.6 Å². The number of aromatic nitrogens is 2. The molecule has 2 aromatic carbocycles. The van der Waals surface area contributed by atoms with Crippen molar-refractivity contribution in [3.8, 4) is 23.0 Å². The third kappa shape index (κ3) is 3.55. The molecule has 0 unspecified atom stereocenters. The Balaban J connectivity index is 1.53. The lowest BCUT2D eigenvalue weighted by Gasteiger charge is -2.15. The SMILES string of the molecule is COc1ccc(C(=O)Nc2nnc(-c3ccc4c(c3)CCCC4)o2)c(OC)c1. The molecule has 0 spiro atoms. The molecule has 3 aromatic rings. The van der Waals surface area contributed by atoms with Crippen molar-refractivity contribution in [3.05, 3.63) is 53.1 Å². The van der Waals surface area contributed by atoms with Gasteiger partial charge in [0.25, 0.3) is 5.91 Å². The van der Waals surface area contributed by atoms with Crippen LogP contribution in [0.2, 0.25) is 0 Å². The molecular formula is C21H21N3O4. The Labute approximate surface area is 162 Å². The molecule has 28 heavy (non-hydrogen) atoms. The van der Waals surface area contributed by atoms with Crippen LogP contribution in [0.15, 0.2) is 40.8 Å². The molecule has 0 radical (unpaired) electrons. The van der Waals surface area contributed by atoms with E-state index < -0.39 is 5.91 Å². The average Bonchev–Trinajstić information content (AvgIpc) is 3.21. The number of nitrogens with zero attached hydrogens (tertiary/aromatic N) is 2. The molecule has 7 nitrogen and oxygen atoms in total. The van der Waals surface area contributed by atoms with Gasteiger partial charge in [-0.1, -0.05) is 11.2 Å².